The molecule has 19 heavy (non-hydrogen) atoms. The second-order valence-electron chi connectivity index (χ2n) is 5.63. The van der Waals surface area contributed by atoms with Crippen molar-refractivity contribution in [2.75, 3.05) is 13.2 Å². The van der Waals surface area contributed by atoms with Crippen molar-refractivity contribution in [1.82, 2.24) is 15.1 Å². The topological polar surface area (TPSA) is 39.1 Å². The lowest BCUT2D eigenvalue weighted by Gasteiger charge is -2.26. The normalized spacial score (nSPS) is 13.8. The van der Waals surface area contributed by atoms with Gasteiger partial charge in [0, 0.05) is 6.54 Å². The molecule has 0 spiro atoms. The van der Waals surface area contributed by atoms with Gasteiger partial charge in [-0.05, 0) is 49.7 Å². The molecule has 5 heteroatoms. The van der Waals surface area contributed by atoms with Gasteiger partial charge in [-0.2, -0.15) is 5.10 Å². The number of halogens is 1. The Labute approximate surface area is 125 Å². The number of hydrogen-bond donors (Lipinski definition) is 1. The maximum absolute atomic E-state index is 5.93. The lowest BCUT2D eigenvalue weighted by atomic mass is 10.1. The van der Waals surface area contributed by atoms with E-state index < -0.39 is 0 Å². The molecule has 0 amide bonds. The predicted octanol–water partition coefficient (Wildman–Crippen LogP) is 3.52. The molecule has 0 aromatic carbocycles. The molecule has 4 nitrogen and oxygen atoms in total. The Kier molecular flexibility index (Phi) is 6.50. The van der Waals surface area contributed by atoms with E-state index in [1.54, 1.807) is 0 Å². The van der Waals surface area contributed by atoms with Crippen LogP contribution in [0.15, 0.2) is 10.7 Å². The van der Waals surface area contributed by atoms with Crippen molar-refractivity contribution in [3.63, 3.8) is 0 Å². The summed E-state index contributed by atoms with van der Waals surface area (Å²) in [6, 6.07) is 0.160. The summed E-state index contributed by atoms with van der Waals surface area (Å²) < 4.78 is 9.04. The number of nitrogens with zero attached hydrogens (tertiary/aromatic N) is 2. The first kappa shape index (κ1) is 16.7. The second kappa shape index (κ2) is 7.41. The van der Waals surface area contributed by atoms with Gasteiger partial charge in [-0.25, -0.2) is 0 Å². The van der Waals surface area contributed by atoms with Gasteiger partial charge < -0.3 is 10.1 Å². The van der Waals surface area contributed by atoms with E-state index in [-0.39, 0.29) is 11.6 Å². The number of ether oxygens (including phenoxy) is 1. The van der Waals surface area contributed by atoms with Crippen molar-refractivity contribution in [3.8, 4) is 0 Å². The fourth-order valence-electron chi connectivity index (χ4n) is 1.92. The number of aromatic nitrogens is 2. The van der Waals surface area contributed by atoms with Gasteiger partial charge in [0.2, 0.25) is 0 Å². The van der Waals surface area contributed by atoms with Crippen LogP contribution < -0.4 is 5.32 Å². The van der Waals surface area contributed by atoms with Crippen LogP contribution in [-0.4, -0.2) is 28.5 Å². The fraction of sp³-hybridized carbons (Fsp3) is 0.786. The molecule has 0 aliphatic carbocycles. The van der Waals surface area contributed by atoms with E-state index in [1.807, 2.05) is 6.20 Å². The van der Waals surface area contributed by atoms with Crippen LogP contribution in [0.1, 0.15) is 52.8 Å². The third-order valence-electron chi connectivity index (χ3n) is 2.73. The van der Waals surface area contributed by atoms with E-state index in [4.69, 9.17) is 4.74 Å². The maximum Gasteiger partial charge on any atom is 0.0741 e. The molecular formula is C14H26BrN3O. The Morgan fingerprint density at radius 1 is 1.42 bits per heavy atom. The minimum absolute atomic E-state index is 0.129. The number of aryl methyl sites for hydroxylation is 1. The molecule has 0 saturated heterocycles. The molecule has 1 rings (SSSR count). The SMILES string of the molecule is CCCn1ncc(Br)c1C(COC(C)(C)C)NCC. The van der Waals surface area contributed by atoms with E-state index >= 15 is 0 Å². The Hall–Kier alpha value is -0.390. The highest BCUT2D eigenvalue weighted by molar-refractivity contribution is 9.10. The molecular weight excluding hydrogens is 306 g/mol. The first-order valence-electron chi connectivity index (χ1n) is 6.97. The number of hydrogen-bond acceptors (Lipinski definition) is 3. The summed E-state index contributed by atoms with van der Waals surface area (Å²) in [5, 5.41) is 7.91. The average Bonchev–Trinajstić information content (AvgIpc) is 2.66. The lowest BCUT2D eigenvalue weighted by molar-refractivity contribution is -0.0157. The minimum Gasteiger partial charge on any atom is -0.374 e. The van der Waals surface area contributed by atoms with Crippen molar-refractivity contribution in [3.05, 3.63) is 16.4 Å². The van der Waals surface area contributed by atoms with Crippen LogP contribution in [0.3, 0.4) is 0 Å². The van der Waals surface area contributed by atoms with Gasteiger partial charge in [0.15, 0.2) is 0 Å². The maximum atomic E-state index is 5.93. The van der Waals surface area contributed by atoms with Crippen molar-refractivity contribution in [2.24, 2.45) is 0 Å². The van der Waals surface area contributed by atoms with Crippen molar-refractivity contribution in [1.29, 1.82) is 0 Å². The minimum atomic E-state index is -0.129. The van der Waals surface area contributed by atoms with Crippen LogP contribution in [0.5, 0.6) is 0 Å². The molecule has 0 fully saturated rings. The van der Waals surface area contributed by atoms with Crippen molar-refractivity contribution in [2.45, 2.75) is 59.2 Å². The molecule has 1 N–H and O–H groups in total. The lowest BCUT2D eigenvalue weighted by Crippen LogP contribution is -2.32. The first-order valence-corrected chi connectivity index (χ1v) is 7.76. The van der Waals surface area contributed by atoms with E-state index in [0.29, 0.717) is 6.61 Å². The Balaban J connectivity index is 2.88. The first-order chi connectivity index (χ1) is 8.89. The summed E-state index contributed by atoms with van der Waals surface area (Å²) in [4.78, 5) is 0. The molecule has 1 aromatic rings. The van der Waals surface area contributed by atoms with E-state index in [1.165, 1.54) is 5.69 Å². The number of rotatable bonds is 7. The number of likely N-dealkylation sites (N-methyl/N-ethyl adjacent to an activating group) is 1. The predicted molar refractivity (Wildman–Crippen MR) is 82.3 cm³/mol. The molecule has 1 aromatic heterocycles. The number of nitrogens with one attached hydrogen (secondary N) is 1. The van der Waals surface area contributed by atoms with E-state index in [2.05, 4.69) is 65.6 Å². The van der Waals surface area contributed by atoms with Crippen LogP contribution in [0.4, 0.5) is 0 Å². The van der Waals surface area contributed by atoms with Gasteiger partial charge >= 0.3 is 0 Å². The summed E-state index contributed by atoms with van der Waals surface area (Å²) in [5.41, 5.74) is 1.04. The van der Waals surface area contributed by atoms with Gasteiger partial charge in [-0.15, -0.1) is 0 Å². The highest BCUT2D eigenvalue weighted by Crippen LogP contribution is 2.25. The highest BCUT2D eigenvalue weighted by Gasteiger charge is 2.22. The zero-order valence-electron chi connectivity index (χ0n) is 12.7. The molecule has 0 saturated carbocycles. The monoisotopic (exact) mass is 331 g/mol. The smallest absolute Gasteiger partial charge is 0.0741 e. The van der Waals surface area contributed by atoms with Gasteiger partial charge in [0.1, 0.15) is 0 Å². The summed E-state index contributed by atoms with van der Waals surface area (Å²) in [6.45, 7) is 13.0. The van der Waals surface area contributed by atoms with E-state index in [0.717, 1.165) is 24.0 Å². The standard InChI is InChI=1S/C14H26BrN3O/c1-6-8-18-13(11(15)9-17-18)12(16-7-2)10-19-14(3,4)5/h9,12,16H,6-8,10H2,1-5H3. The zero-order chi connectivity index (χ0) is 14.5. The second-order valence-corrected chi connectivity index (χ2v) is 6.49. The van der Waals surface area contributed by atoms with Crippen molar-refractivity contribution < 1.29 is 4.74 Å². The van der Waals surface area contributed by atoms with Crippen LogP contribution in [-0.2, 0) is 11.3 Å². The van der Waals surface area contributed by atoms with Crippen LogP contribution >= 0.6 is 15.9 Å². The third-order valence-corrected chi connectivity index (χ3v) is 3.34. The summed E-state index contributed by atoms with van der Waals surface area (Å²) in [5.74, 6) is 0. The van der Waals surface area contributed by atoms with Gasteiger partial charge in [0.05, 0.1) is 34.6 Å². The van der Waals surface area contributed by atoms with Crippen LogP contribution in [0.2, 0.25) is 0 Å². The summed E-state index contributed by atoms with van der Waals surface area (Å²) in [6.07, 6.45) is 2.94. The zero-order valence-corrected chi connectivity index (χ0v) is 14.2. The average molecular weight is 332 g/mol. The van der Waals surface area contributed by atoms with Gasteiger partial charge in [0.25, 0.3) is 0 Å². The molecule has 1 atom stereocenters. The summed E-state index contributed by atoms with van der Waals surface area (Å²) in [7, 11) is 0. The largest absolute Gasteiger partial charge is 0.374 e. The molecule has 0 radical (unpaired) electrons. The van der Waals surface area contributed by atoms with E-state index in [9.17, 15) is 0 Å². The quantitative estimate of drug-likeness (QED) is 0.830. The van der Waals surface area contributed by atoms with Crippen molar-refractivity contribution >= 4 is 15.9 Å². The fourth-order valence-corrected chi connectivity index (χ4v) is 2.50. The summed E-state index contributed by atoms with van der Waals surface area (Å²) >= 11 is 3.60. The molecule has 0 aliphatic heterocycles. The van der Waals surface area contributed by atoms with Gasteiger partial charge in [-0.1, -0.05) is 13.8 Å². The highest BCUT2D eigenvalue weighted by atomic mass is 79.9. The van der Waals surface area contributed by atoms with Crippen LogP contribution in [0, 0.1) is 0 Å². The Bertz CT molecular complexity index is 385. The molecule has 1 unspecified atom stereocenters. The Morgan fingerprint density at radius 2 is 2.11 bits per heavy atom. The Morgan fingerprint density at radius 3 is 2.63 bits per heavy atom. The molecule has 0 aliphatic rings. The molecule has 1 heterocycles. The molecule has 110 valence electrons. The third kappa shape index (κ3) is 5.24. The molecule has 0 bridgehead atoms. The van der Waals surface area contributed by atoms with Crippen LogP contribution in [0.25, 0.3) is 0 Å². The van der Waals surface area contributed by atoms with Gasteiger partial charge in [-0.3, -0.25) is 4.68 Å².